The third kappa shape index (κ3) is 3.59. The van der Waals surface area contributed by atoms with Crippen molar-refractivity contribution in [1.29, 1.82) is 0 Å². The second-order valence-electron chi connectivity index (χ2n) is 7.34. The van der Waals surface area contributed by atoms with Gasteiger partial charge >= 0.3 is 11.9 Å². The summed E-state index contributed by atoms with van der Waals surface area (Å²) < 4.78 is 17.1. The van der Waals surface area contributed by atoms with Crippen LogP contribution in [0.3, 0.4) is 0 Å². The molecular weight excluding hydrogens is 312 g/mol. The van der Waals surface area contributed by atoms with Crippen molar-refractivity contribution in [1.82, 2.24) is 0 Å². The molecule has 0 amide bonds. The Morgan fingerprint density at radius 3 is 2.67 bits per heavy atom. The average Bonchev–Trinajstić information content (AvgIpc) is 3.21. The van der Waals surface area contributed by atoms with Crippen LogP contribution >= 0.6 is 0 Å². The molecule has 0 bridgehead atoms. The van der Waals surface area contributed by atoms with Crippen LogP contribution in [0.5, 0.6) is 0 Å². The summed E-state index contributed by atoms with van der Waals surface area (Å²) in [5.74, 6) is -1.95. The molecule has 6 nitrogen and oxygen atoms in total. The van der Waals surface area contributed by atoms with Crippen LogP contribution in [0.25, 0.3) is 0 Å². The minimum absolute atomic E-state index is 0.0326. The average molecular weight is 340 g/mol. The van der Waals surface area contributed by atoms with Gasteiger partial charge in [-0.25, -0.2) is 0 Å². The van der Waals surface area contributed by atoms with Crippen LogP contribution < -0.4 is 0 Å². The zero-order chi connectivity index (χ0) is 17.2. The fourth-order valence-corrected chi connectivity index (χ4v) is 4.64. The van der Waals surface area contributed by atoms with E-state index in [0.717, 1.165) is 25.7 Å². The maximum absolute atomic E-state index is 11.6. The fourth-order valence-electron chi connectivity index (χ4n) is 4.64. The van der Waals surface area contributed by atoms with Gasteiger partial charge in [-0.3, -0.25) is 9.59 Å². The lowest BCUT2D eigenvalue weighted by Gasteiger charge is -2.30. The number of esters is 1. The number of carbonyl (C=O) groups excluding carboxylic acids is 1. The summed E-state index contributed by atoms with van der Waals surface area (Å²) in [6.07, 6.45) is 6.18. The number of unbranched alkanes of at least 4 members (excludes halogenated alkanes) is 2. The molecule has 1 aliphatic carbocycles. The number of hydrogen-bond acceptors (Lipinski definition) is 5. The van der Waals surface area contributed by atoms with Gasteiger partial charge in [0.25, 0.3) is 0 Å². The standard InChI is InChI=1S/C18H28O6/c1-2-3-4-6-18(22-8-9-23-18)7-5-12-13-11-16(19)24-15(13)10-14(12)17(20)21/h12-15H,2-11H2,1H3,(H,20,21)/t12-,13-,14+,15?/m1/s1. The molecule has 0 aromatic heterocycles. The number of hydrogen-bond donors (Lipinski definition) is 1. The summed E-state index contributed by atoms with van der Waals surface area (Å²) >= 11 is 0. The quantitative estimate of drug-likeness (QED) is 0.540. The summed E-state index contributed by atoms with van der Waals surface area (Å²) in [6.45, 7) is 3.37. The van der Waals surface area contributed by atoms with Gasteiger partial charge in [0.15, 0.2) is 5.79 Å². The van der Waals surface area contributed by atoms with Crippen LogP contribution in [0, 0.1) is 17.8 Å². The molecule has 3 aliphatic rings. The summed E-state index contributed by atoms with van der Waals surface area (Å²) in [6, 6.07) is 0. The normalized spacial score (nSPS) is 34.3. The SMILES string of the molecule is CCCCCC1(CC[C@H]2[C@@H](C(=O)O)CC3OC(=O)C[C@@H]32)OCCO1. The van der Waals surface area contributed by atoms with Gasteiger partial charge in [0.2, 0.25) is 0 Å². The highest BCUT2D eigenvalue weighted by atomic mass is 16.7. The molecule has 0 aromatic carbocycles. The Bertz CT molecular complexity index is 470. The zero-order valence-corrected chi connectivity index (χ0v) is 14.4. The van der Waals surface area contributed by atoms with Crippen LogP contribution in [0.2, 0.25) is 0 Å². The molecule has 6 heteroatoms. The van der Waals surface area contributed by atoms with Crippen molar-refractivity contribution in [3.05, 3.63) is 0 Å². The number of carboxylic acid groups (broad SMARTS) is 1. The first-order valence-electron chi connectivity index (χ1n) is 9.25. The Morgan fingerprint density at radius 2 is 2.00 bits per heavy atom. The van der Waals surface area contributed by atoms with Gasteiger partial charge in [-0.05, 0) is 25.2 Å². The maximum atomic E-state index is 11.6. The lowest BCUT2D eigenvalue weighted by molar-refractivity contribution is -0.172. The predicted octanol–water partition coefficient (Wildman–Crippen LogP) is 2.74. The number of aliphatic carboxylic acids is 1. The predicted molar refractivity (Wildman–Crippen MR) is 85.2 cm³/mol. The van der Waals surface area contributed by atoms with Crippen LogP contribution in [-0.2, 0) is 23.8 Å². The van der Waals surface area contributed by atoms with E-state index in [-0.39, 0.29) is 23.9 Å². The van der Waals surface area contributed by atoms with E-state index in [4.69, 9.17) is 14.2 Å². The third-order valence-corrected chi connectivity index (χ3v) is 5.87. The zero-order valence-electron chi connectivity index (χ0n) is 14.4. The van der Waals surface area contributed by atoms with Crippen LogP contribution in [0.15, 0.2) is 0 Å². The first-order chi connectivity index (χ1) is 11.5. The Hall–Kier alpha value is -1.14. The topological polar surface area (TPSA) is 82.1 Å². The molecule has 0 spiro atoms. The molecule has 3 rings (SSSR count). The molecule has 2 heterocycles. The van der Waals surface area contributed by atoms with E-state index in [9.17, 15) is 14.7 Å². The van der Waals surface area contributed by atoms with Crippen molar-refractivity contribution in [2.75, 3.05) is 13.2 Å². The minimum Gasteiger partial charge on any atom is -0.481 e. The Balaban J connectivity index is 1.63. The molecule has 2 aliphatic heterocycles. The molecule has 24 heavy (non-hydrogen) atoms. The Labute approximate surface area is 142 Å². The van der Waals surface area contributed by atoms with E-state index >= 15 is 0 Å². The van der Waals surface area contributed by atoms with Crippen molar-refractivity contribution < 1.29 is 28.9 Å². The van der Waals surface area contributed by atoms with Gasteiger partial charge in [0.1, 0.15) is 6.10 Å². The smallest absolute Gasteiger partial charge is 0.306 e. The van der Waals surface area contributed by atoms with Crippen molar-refractivity contribution in [3.63, 3.8) is 0 Å². The van der Waals surface area contributed by atoms with Gasteiger partial charge in [-0.15, -0.1) is 0 Å². The Morgan fingerprint density at radius 1 is 1.25 bits per heavy atom. The third-order valence-electron chi connectivity index (χ3n) is 5.87. The molecule has 4 atom stereocenters. The first-order valence-corrected chi connectivity index (χ1v) is 9.25. The van der Waals surface area contributed by atoms with Crippen LogP contribution in [0.4, 0.5) is 0 Å². The van der Waals surface area contributed by atoms with Crippen molar-refractivity contribution in [2.24, 2.45) is 17.8 Å². The molecule has 2 saturated heterocycles. The molecule has 136 valence electrons. The van der Waals surface area contributed by atoms with Crippen molar-refractivity contribution in [3.8, 4) is 0 Å². The lowest BCUT2D eigenvalue weighted by atomic mass is 9.82. The summed E-state index contributed by atoms with van der Waals surface area (Å²) in [4.78, 5) is 23.2. The molecule has 3 fully saturated rings. The number of carbonyl (C=O) groups is 2. The molecular formula is C18H28O6. The number of fused-ring (bicyclic) bond motifs is 1. The highest BCUT2D eigenvalue weighted by molar-refractivity contribution is 5.75. The largest absolute Gasteiger partial charge is 0.481 e. The summed E-state index contributed by atoms with van der Waals surface area (Å²) in [5, 5.41) is 9.53. The van der Waals surface area contributed by atoms with E-state index in [0.29, 0.717) is 38.9 Å². The van der Waals surface area contributed by atoms with Gasteiger partial charge < -0.3 is 19.3 Å². The van der Waals surface area contributed by atoms with Gasteiger partial charge in [0, 0.05) is 18.8 Å². The van der Waals surface area contributed by atoms with Gasteiger partial charge in [0.05, 0.1) is 25.6 Å². The van der Waals surface area contributed by atoms with Gasteiger partial charge in [-0.2, -0.15) is 0 Å². The van der Waals surface area contributed by atoms with E-state index in [1.54, 1.807) is 0 Å². The second kappa shape index (κ2) is 7.40. The first kappa shape index (κ1) is 17.7. The summed E-state index contributed by atoms with van der Waals surface area (Å²) in [7, 11) is 0. The van der Waals surface area contributed by atoms with E-state index in [1.807, 2.05) is 0 Å². The molecule has 1 N–H and O–H groups in total. The minimum atomic E-state index is -0.779. The Kier molecular flexibility index (Phi) is 5.45. The second-order valence-corrected chi connectivity index (χ2v) is 7.34. The summed E-state index contributed by atoms with van der Waals surface area (Å²) in [5.41, 5.74) is 0. The van der Waals surface area contributed by atoms with E-state index in [1.165, 1.54) is 0 Å². The molecule has 0 radical (unpaired) electrons. The van der Waals surface area contributed by atoms with Crippen LogP contribution in [-0.4, -0.2) is 42.1 Å². The number of ether oxygens (including phenoxy) is 3. The van der Waals surface area contributed by atoms with E-state index < -0.39 is 17.7 Å². The molecule has 0 aromatic rings. The molecule has 1 saturated carbocycles. The highest BCUT2D eigenvalue weighted by Gasteiger charge is 2.53. The van der Waals surface area contributed by atoms with E-state index in [2.05, 4.69) is 6.92 Å². The molecule has 1 unspecified atom stereocenters. The maximum Gasteiger partial charge on any atom is 0.306 e. The lowest BCUT2D eigenvalue weighted by Crippen LogP contribution is -2.33. The van der Waals surface area contributed by atoms with Crippen LogP contribution in [0.1, 0.15) is 58.3 Å². The number of rotatable bonds is 8. The number of carboxylic acids is 1. The fraction of sp³-hybridized carbons (Fsp3) is 0.889. The van der Waals surface area contributed by atoms with Crippen molar-refractivity contribution >= 4 is 11.9 Å². The van der Waals surface area contributed by atoms with Crippen molar-refractivity contribution in [2.45, 2.75) is 70.2 Å². The van der Waals surface area contributed by atoms with Gasteiger partial charge in [-0.1, -0.05) is 19.8 Å². The monoisotopic (exact) mass is 340 g/mol. The highest BCUT2D eigenvalue weighted by Crippen LogP contribution is 2.48.